The molecule has 2 rings (SSSR count). The van der Waals surface area contributed by atoms with Crippen LogP contribution in [0, 0.1) is 6.92 Å². The molecular formula is C14H19N5O3S. The zero-order valence-electron chi connectivity index (χ0n) is 13.1. The van der Waals surface area contributed by atoms with E-state index in [2.05, 4.69) is 9.97 Å². The molecular weight excluding hydrogens is 318 g/mol. The number of nitrogen functional groups attached to an aromatic ring is 2. The molecule has 0 fully saturated rings. The van der Waals surface area contributed by atoms with E-state index in [1.807, 2.05) is 13.8 Å². The summed E-state index contributed by atoms with van der Waals surface area (Å²) in [6.07, 6.45) is 1.33. The smallest absolute Gasteiger partial charge is 0.238 e. The Balaban J connectivity index is 2.59. The molecule has 0 amide bonds. The van der Waals surface area contributed by atoms with E-state index < -0.39 is 10.0 Å². The number of ether oxygens (including phenoxy) is 1. The number of hydrogen-bond donors (Lipinski definition) is 3. The number of hydrogen-bond acceptors (Lipinski definition) is 7. The van der Waals surface area contributed by atoms with Crippen molar-refractivity contribution in [2.24, 2.45) is 5.14 Å². The van der Waals surface area contributed by atoms with Crippen molar-refractivity contribution in [2.75, 3.05) is 11.5 Å². The summed E-state index contributed by atoms with van der Waals surface area (Å²) in [6.45, 7) is 5.60. The quantitative estimate of drug-likeness (QED) is 0.766. The Labute approximate surface area is 134 Å². The minimum atomic E-state index is -3.87. The van der Waals surface area contributed by atoms with Gasteiger partial charge in [-0.05, 0) is 24.0 Å². The fraction of sp³-hybridized carbons (Fsp3) is 0.286. The first-order valence-corrected chi connectivity index (χ1v) is 8.37. The average Bonchev–Trinajstić information content (AvgIpc) is 2.41. The van der Waals surface area contributed by atoms with Gasteiger partial charge in [0.1, 0.15) is 5.75 Å². The molecule has 1 heterocycles. The second-order valence-electron chi connectivity index (χ2n) is 5.43. The minimum absolute atomic E-state index is 0.00756. The molecule has 0 bridgehead atoms. The largest absolute Gasteiger partial charge is 0.452 e. The van der Waals surface area contributed by atoms with Crippen molar-refractivity contribution in [3.8, 4) is 11.5 Å². The van der Waals surface area contributed by atoms with Crippen molar-refractivity contribution < 1.29 is 13.2 Å². The Bertz CT molecular complexity index is 850. The van der Waals surface area contributed by atoms with Gasteiger partial charge in [0.25, 0.3) is 0 Å². The van der Waals surface area contributed by atoms with E-state index in [-0.39, 0.29) is 28.3 Å². The van der Waals surface area contributed by atoms with E-state index in [1.54, 1.807) is 13.0 Å². The van der Waals surface area contributed by atoms with E-state index in [9.17, 15) is 8.42 Å². The predicted octanol–water partition coefficient (Wildman–Crippen LogP) is 1.51. The Morgan fingerprint density at radius 3 is 2.35 bits per heavy atom. The van der Waals surface area contributed by atoms with Crippen molar-refractivity contribution in [1.29, 1.82) is 0 Å². The maximum absolute atomic E-state index is 11.7. The monoisotopic (exact) mass is 337 g/mol. The van der Waals surface area contributed by atoms with Crippen LogP contribution in [0.15, 0.2) is 23.2 Å². The number of aromatic nitrogens is 2. The average molecular weight is 337 g/mol. The summed E-state index contributed by atoms with van der Waals surface area (Å²) in [5.41, 5.74) is 12.6. The number of anilines is 2. The standard InChI is InChI=1S/C14H19N5O3S/c1-7(2)9-4-8(3)12(23(17,20)21)5-10(9)22-11-6-18-14(16)19-13(11)15/h4-7H,1-3H3,(H2,17,20,21)(H4,15,16,18,19). The molecule has 0 saturated heterocycles. The molecule has 0 radical (unpaired) electrons. The van der Waals surface area contributed by atoms with Gasteiger partial charge in [0.05, 0.1) is 11.1 Å². The van der Waals surface area contributed by atoms with Crippen molar-refractivity contribution in [1.82, 2.24) is 9.97 Å². The lowest BCUT2D eigenvalue weighted by molar-refractivity contribution is 0.469. The molecule has 2 aromatic rings. The van der Waals surface area contributed by atoms with Crippen LogP contribution in [0.1, 0.15) is 30.9 Å². The number of benzene rings is 1. The highest BCUT2D eigenvalue weighted by Crippen LogP contribution is 2.35. The normalized spacial score (nSPS) is 11.7. The molecule has 0 saturated carbocycles. The van der Waals surface area contributed by atoms with Crippen LogP contribution in [0.2, 0.25) is 0 Å². The highest BCUT2D eigenvalue weighted by atomic mass is 32.2. The van der Waals surface area contributed by atoms with Gasteiger partial charge >= 0.3 is 0 Å². The van der Waals surface area contributed by atoms with Crippen LogP contribution in [0.25, 0.3) is 0 Å². The molecule has 0 aliphatic rings. The van der Waals surface area contributed by atoms with Crippen LogP contribution >= 0.6 is 0 Å². The topological polar surface area (TPSA) is 147 Å². The summed E-state index contributed by atoms with van der Waals surface area (Å²) >= 11 is 0. The number of sulfonamides is 1. The van der Waals surface area contributed by atoms with Gasteiger partial charge in [0.15, 0.2) is 11.6 Å². The maximum atomic E-state index is 11.7. The number of nitrogens with zero attached hydrogens (tertiary/aromatic N) is 2. The van der Waals surface area contributed by atoms with Gasteiger partial charge in [-0.1, -0.05) is 19.9 Å². The SMILES string of the molecule is Cc1cc(C(C)C)c(Oc2cnc(N)nc2N)cc1S(N)(=O)=O. The molecule has 1 aromatic carbocycles. The fourth-order valence-electron chi connectivity index (χ4n) is 2.13. The van der Waals surface area contributed by atoms with E-state index in [0.717, 1.165) is 5.56 Å². The lowest BCUT2D eigenvalue weighted by Crippen LogP contribution is -2.14. The summed E-state index contributed by atoms with van der Waals surface area (Å²) in [6, 6.07) is 3.11. The van der Waals surface area contributed by atoms with Crippen molar-refractivity contribution in [3.63, 3.8) is 0 Å². The van der Waals surface area contributed by atoms with Gasteiger partial charge in [0, 0.05) is 6.07 Å². The van der Waals surface area contributed by atoms with Gasteiger partial charge < -0.3 is 16.2 Å². The number of primary sulfonamides is 1. The van der Waals surface area contributed by atoms with Crippen LogP contribution in [0.5, 0.6) is 11.5 Å². The van der Waals surface area contributed by atoms with Crippen molar-refractivity contribution in [2.45, 2.75) is 31.6 Å². The van der Waals surface area contributed by atoms with Gasteiger partial charge in [0.2, 0.25) is 16.0 Å². The molecule has 0 aliphatic heterocycles. The van der Waals surface area contributed by atoms with E-state index in [4.69, 9.17) is 21.3 Å². The highest BCUT2D eigenvalue weighted by Gasteiger charge is 2.19. The summed E-state index contributed by atoms with van der Waals surface area (Å²) < 4.78 is 29.1. The molecule has 9 heteroatoms. The molecule has 8 nitrogen and oxygen atoms in total. The van der Waals surface area contributed by atoms with Gasteiger partial charge in [-0.15, -0.1) is 0 Å². The zero-order chi connectivity index (χ0) is 17.4. The summed E-state index contributed by atoms with van der Waals surface area (Å²) in [5, 5.41) is 5.25. The van der Waals surface area contributed by atoms with Gasteiger partial charge in [-0.2, -0.15) is 4.98 Å². The van der Waals surface area contributed by atoms with Crippen molar-refractivity contribution in [3.05, 3.63) is 29.5 Å². The van der Waals surface area contributed by atoms with Crippen molar-refractivity contribution >= 4 is 21.8 Å². The van der Waals surface area contributed by atoms with Gasteiger partial charge in [-0.25, -0.2) is 18.5 Å². The van der Waals surface area contributed by atoms with E-state index in [0.29, 0.717) is 11.3 Å². The molecule has 6 N–H and O–H groups in total. The molecule has 23 heavy (non-hydrogen) atoms. The Morgan fingerprint density at radius 2 is 1.83 bits per heavy atom. The third kappa shape index (κ3) is 3.69. The Kier molecular flexibility index (Phi) is 4.44. The first-order chi connectivity index (χ1) is 10.6. The third-order valence-electron chi connectivity index (χ3n) is 3.26. The molecule has 0 aliphatic carbocycles. The highest BCUT2D eigenvalue weighted by molar-refractivity contribution is 7.89. The summed E-state index contributed by atoms with van der Waals surface area (Å²) in [5.74, 6) is 0.687. The van der Waals surface area contributed by atoms with Crippen LogP contribution in [-0.4, -0.2) is 18.4 Å². The lowest BCUT2D eigenvalue weighted by Gasteiger charge is -2.17. The molecule has 1 aromatic heterocycles. The Hall–Kier alpha value is -2.39. The summed E-state index contributed by atoms with van der Waals surface area (Å²) in [7, 11) is -3.87. The second-order valence-corrected chi connectivity index (χ2v) is 6.96. The zero-order valence-corrected chi connectivity index (χ0v) is 13.9. The number of rotatable bonds is 4. The number of nitrogens with two attached hydrogens (primary N) is 3. The number of aryl methyl sites for hydroxylation is 1. The first kappa shape index (κ1) is 17.0. The van der Waals surface area contributed by atoms with E-state index in [1.165, 1.54) is 12.3 Å². The molecule has 124 valence electrons. The second kappa shape index (κ2) is 6.01. The lowest BCUT2D eigenvalue weighted by atomic mass is 10.00. The maximum Gasteiger partial charge on any atom is 0.238 e. The fourth-order valence-corrected chi connectivity index (χ4v) is 2.91. The van der Waals surface area contributed by atoms with Crippen LogP contribution < -0.4 is 21.3 Å². The molecule has 0 atom stereocenters. The predicted molar refractivity (Wildman–Crippen MR) is 87.6 cm³/mol. The first-order valence-electron chi connectivity index (χ1n) is 6.82. The third-order valence-corrected chi connectivity index (χ3v) is 4.31. The Morgan fingerprint density at radius 1 is 1.17 bits per heavy atom. The van der Waals surface area contributed by atoms with Crippen LogP contribution in [0.3, 0.4) is 0 Å². The summed E-state index contributed by atoms with van der Waals surface area (Å²) in [4.78, 5) is 7.62. The van der Waals surface area contributed by atoms with Crippen LogP contribution in [-0.2, 0) is 10.0 Å². The molecule has 0 unspecified atom stereocenters. The van der Waals surface area contributed by atoms with Gasteiger partial charge in [-0.3, -0.25) is 0 Å². The molecule has 0 spiro atoms. The minimum Gasteiger partial charge on any atom is -0.452 e. The van der Waals surface area contributed by atoms with E-state index >= 15 is 0 Å². The van der Waals surface area contributed by atoms with Crippen LogP contribution in [0.4, 0.5) is 11.8 Å².